The van der Waals surface area contributed by atoms with Crippen LogP contribution in [-0.4, -0.2) is 44.9 Å². The Balaban J connectivity index is 2.21. The van der Waals surface area contributed by atoms with Gasteiger partial charge in [0.05, 0.1) is 7.98 Å². The summed E-state index contributed by atoms with van der Waals surface area (Å²) in [4.78, 5) is 26.2. The van der Waals surface area contributed by atoms with E-state index in [9.17, 15) is 14.7 Å². The van der Waals surface area contributed by atoms with E-state index < -0.39 is 66.3 Å². The van der Waals surface area contributed by atoms with Crippen LogP contribution < -0.4 is 11.2 Å². The number of hydrogen-bond donors (Lipinski definition) is 2. The average Bonchev–Trinajstić information content (AvgIpc) is 2.83. The maximum Gasteiger partial charge on any atom is 0.330 e. The van der Waals surface area contributed by atoms with Crippen molar-refractivity contribution in [3.63, 3.8) is 0 Å². The van der Waals surface area contributed by atoms with E-state index in [4.69, 9.17) is 19.7 Å². The van der Waals surface area contributed by atoms with Gasteiger partial charge >= 0.3 is 5.69 Å². The number of aliphatic hydroxyl groups excluding tert-OH is 1. The van der Waals surface area contributed by atoms with Crippen molar-refractivity contribution in [1.29, 1.82) is 0 Å². The van der Waals surface area contributed by atoms with Crippen LogP contribution >= 0.6 is 0 Å². The molecule has 0 amide bonds. The molecule has 1 unspecified atom stereocenters. The predicted molar refractivity (Wildman–Crippen MR) is 75.5 cm³/mol. The molecule has 0 aromatic carbocycles. The summed E-state index contributed by atoms with van der Waals surface area (Å²) >= 11 is 0. The first-order chi connectivity index (χ1) is 11.8. The highest BCUT2D eigenvalue weighted by atomic mass is 16.8. The largest absolute Gasteiger partial charge is 0.394 e. The van der Waals surface area contributed by atoms with Crippen molar-refractivity contribution in [3.8, 4) is 0 Å². The van der Waals surface area contributed by atoms with Crippen molar-refractivity contribution in [2.75, 3.05) is 6.61 Å². The Labute approximate surface area is 132 Å². The van der Waals surface area contributed by atoms with Gasteiger partial charge in [-0.3, -0.25) is 14.3 Å². The molecule has 2 aliphatic heterocycles. The second-order valence-corrected chi connectivity index (χ2v) is 6.05. The molecule has 2 fully saturated rings. The van der Waals surface area contributed by atoms with Gasteiger partial charge in [-0.1, -0.05) is 0 Å². The molecule has 2 N–H and O–H groups in total. The van der Waals surface area contributed by atoms with E-state index in [2.05, 4.69) is 0 Å². The third kappa shape index (κ3) is 2.14. The lowest BCUT2D eigenvalue weighted by molar-refractivity contribution is -0.218. The Morgan fingerprint density at radius 1 is 1.50 bits per heavy atom. The van der Waals surface area contributed by atoms with Gasteiger partial charge < -0.3 is 19.3 Å². The molecular formula is C14H20N2O6. The number of ether oxygens (including phenoxy) is 3. The number of nitrogens with one attached hydrogen (secondary N) is 1. The van der Waals surface area contributed by atoms with Gasteiger partial charge in [-0.05, 0) is 27.6 Å². The van der Waals surface area contributed by atoms with Gasteiger partial charge in [0, 0.05) is 15.8 Å². The minimum atomic E-state index is -2.90. The standard InChI is InChI=1S/C14H20N2O6/c1-7-5-16(12(19)15-10(7)18)11-14(4)9(8(6-17)20-11)21-13(2,3)22-14/h5,8-9,11,17H,6H2,1-4H3,(H,15,18,19)/t8-,9-,11?,14-/m1/s1/i1D3,5D. The zero-order chi connectivity index (χ0) is 19.7. The second-order valence-electron chi connectivity index (χ2n) is 6.05. The summed E-state index contributed by atoms with van der Waals surface area (Å²) in [5.74, 6) is -1.05. The van der Waals surface area contributed by atoms with Crippen molar-refractivity contribution in [2.45, 2.75) is 57.4 Å². The molecule has 8 heteroatoms. The highest BCUT2D eigenvalue weighted by Crippen LogP contribution is 2.50. The smallest absolute Gasteiger partial charge is 0.330 e. The molecule has 4 atom stereocenters. The van der Waals surface area contributed by atoms with Crippen LogP contribution in [0.3, 0.4) is 0 Å². The number of nitrogens with zero attached hydrogens (tertiary/aromatic N) is 1. The molecule has 0 spiro atoms. The van der Waals surface area contributed by atoms with Crippen LogP contribution in [0.25, 0.3) is 0 Å². The predicted octanol–water partition coefficient (Wildman–Crippen LogP) is -0.355. The first kappa shape index (κ1) is 11.1. The first-order valence-corrected chi connectivity index (χ1v) is 6.82. The Morgan fingerprint density at radius 3 is 2.86 bits per heavy atom. The van der Waals surface area contributed by atoms with Crippen molar-refractivity contribution < 1.29 is 24.8 Å². The summed E-state index contributed by atoms with van der Waals surface area (Å²) in [6.07, 6.45) is -3.69. The third-order valence-electron chi connectivity index (χ3n) is 3.89. The van der Waals surface area contributed by atoms with Crippen LogP contribution in [-0.2, 0) is 14.2 Å². The van der Waals surface area contributed by atoms with Crippen molar-refractivity contribution in [3.05, 3.63) is 32.6 Å². The molecule has 3 rings (SSSR count). The summed E-state index contributed by atoms with van der Waals surface area (Å²) in [5.41, 5.74) is -4.28. The monoisotopic (exact) mass is 316 g/mol. The summed E-state index contributed by atoms with van der Waals surface area (Å²) < 4.78 is 48.6. The number of H-pyrrole nitrogens is 1. The maximum absolute atomic E-state index is 12.4. The molecule has 3 heterocycles. The molecule has 122 valence electrons. The highest BCUT2D eigenvalue weighted by molar-refractivity contribution is 5.09. The summed E-state index contributed by atoms with van der Waals surface area (Å²) in [6, 6.07) is 0. The first-order valence-electron chi connectivity index (χ1n) is 8.82. The van der Waals surface area contributed by atoms with E-state index in [0.717, 1.165) is 4.57 Å². The van der Waals surface area contributed by atoms with Crippen LogP contribution in [0.15, 0.2) is 15.8 Å². The number of aromatic nitrogens is 2. The Hall–Kier alpha value is -1.48. The Morgan fingerprint density at radius 2 is 2.23 bits per heavy atom. The molecule has 0 aliphatic carbocycles. The summed E-state index contributed by atoms with van der Waals surface area (Å²) in [6.45, 7) is 1.54. The van der Waals surface area contributed by atoms with Gasteiger partial charge in [0.25, 0.3) is 5.56 Å². The SMILES string of the molecule is [2H]c1c(C([2H])([2H])[2H])c(=O)[nH]c(=O)n1C1O[C@H](CO)[C@H]2OC(C)(C)O[C@@]12C. The van der Waals surface area contributed by atoms with Gasteiger partial charge in [-0.2, -0.15) is 0 Å². The van der Waals surface area contributed by atoms with E-state index in [1.54, 1.807) is 20.8 Å². The summed E-state index contributed by atoms with van der Waals surface area (Å²) in [5, 5.41) is 9.59. The van der Waals surface area contributed by atoms with Crippen LogP contribution in [0.1, 0.15) is 38.0 Å². The molecule has 2 aliphatic rings. The van der Waals surface area contributed by atoms with Gasteiger partial charge in [0.1, 0.15) is 17.8 Å². The number of aliphatic hydroxyl groups is 1. The molecule has 0 saturated carbocycles. The zero-order valence-electron chi connectivity index (χ0n) is 16.4. The molecule has 0 radical (unpaired) electrons. The molecular weight excluding hydrogens is 292 g/mol. The number of hydrogen-bond acceptors (Lipinski definition) is 6. The minimum absolute atomic E-state index is 0.437. The Bertz CT molecular complexity index is 847. The number of aromatic amines is 1. The van der Waals surface area contributed by atoms with E-state index in [1.165, 1.54) is 0 Å². The van der Waals surface area contributed by atoms with E-state index >= 15 is 0 Å². The third-order valence-corrected chi connectivity index (χ3v) is 3.89. The van der Waals surface area contributed by atoms with E-state index in [1.807, 2.05) is 4.98 Å². The lowest BCUT2D eigenvalue weighted by Crippen LogP contribution is -2.45. The van der Waals surface area contributed by atoms with Crippen LogP contribution in [0.2, 0.25) is 0 Å². The fraction of sp³-hybridized carbons (Fsp3) is 0.714. The Kier molecular flexibility index (Phi) is 2.40. The van der Waals surface area contributed by atoms with E-state index in [-0.39, 0.29) is 0 Å². The molecule has 1 aromatic rings. The van der Waals surface area contributed by atoms with Crippen molar-refractivity contribution >= 4 is 0 Å². The van der Waals surface area contributed by atoms with Gasteiger partial charge in [0.2, 0.25) is 0 Å². The summed E-state index contributed by atoms with van der Waals surface area (Å²) in [7, 11) is 0. The number of fused-ring (bicyclic) bond motifs is 1. The van der Waals surface area contributed by atoms with Gasteiger partial charge in [0.15, 0.2) is 12.0 Å². The fourth-order valence-electron chi connectivity index (χ4n) is 3.11. The molecule has 0 bridgehead atoms. The molecule has 1 aromatic heterocycles. The molecule has 2 saturated heterocycles. The second kappa shape index (κ2) is 4.76. The van der Waals surface area contributed by atoms with Crippen molar-refractivity contribution in [2.24, 2.45) is 0 Å². The van der Waals surface area contributed by atoms with Crippen LogP contribution in [0.4, 0.5) is 0 Å². The quantitative estimate of drug-likeness (QED) is 0.773. The highest BCUT2D eigenvalue weighted by Gasteiger charge is 2.64. The average molecular weight is 316 g/mol. The lowest BCUT2D eigenvalue weighted by Gasteiger charge is -2.30. The maximum atomic E-state index is 12.4. The number of rotatable bonds is 2. The van der Waals surface area contributed by atoms with Gasteiger partial charge in [-0.25, -0.2) is 4.79 Å². The minimum Gasteiger partial charge on any atom is -0.394 e. The zero-order valence-corrected chi connectivity index (χ0v) is 12.4. The molecule has 8 nitrogen and oxygen atoms in total. The van der Waals surface area contributed by atoms with E-state index in [0.29, 0.717) is 0 Å². The fourth-order valence-corrected chi connectivity index (χ4v) is 3.11. The van der Waals surface area contributed by atoms with Gasteiger partial charge in [-0.15, -0.1) is 0 Å². The lowest BCUT2D eigenvalue weighted by atomic mass is 9.96. The molecule has 22 heavy (non-hydrogen) atoms. The van der Waals surface area contributed by atoms with Crippen molar-refractivity contribution in [1.82, 2.24) is 9.55 Å². The normalized spacial score (nSPS) is 39.7. The van der Waals surface area contributed by atoms with Crippen LogP contribution in [0, 0.1) is 6.85 Å². The topological polar surface area (TPSA) is 103 Å². The van der Waals surface area contributed by atoms with Crippen LogP contribution in [0.5, 0.6) is 0 Å².